The van der Waals surface area contributed by atoms with Crippen LogP contribution < -0.4 is 5.32 Å². The van der Waals surface area contributed by atoms with Gasteiger partial charge in [0.2, 0.25) is 0 Å². The number of pyridine rings is 1. The highest BCUT2D eigenvalue weighted by atomic mass is 19.4. The van der Waals surface area contributed by atoms with Gasteiger partial charge in [-0.1, -0.05) is 6.08 Å². The smallest absolute Gasteiger partial charge is 0.373 e. The van der Waals surface area contributed by atoms with Crippen LogP contribution in [-0.2, 0) is 10.9 Å². The van der Waals surface area contributed by atoms with Gasteiger partial charge < -0.3 is 10.1 Å². The van der Waals surface area contributed by atoms with Crippen LogP contribution in [0.3, 0.4) is 0 Å². The summed E-state index contributed by atoms with van der Waals surface area (Å²) in [5, 5.41) is 2.64. The number of hydrogen-bond donors (Lipinski definition) is 1. The molecule has 1 atom stereocenters. The SMILES string of the molecule is C=CCOC(C)CNc1ncccc1C(F)(F)F. The number of rotatable bonds is 6. The summed E-state index contributed by atoms with van der Waals surface area (Å²) in [6.45, 7) is 5.85. The predicted molar refractivity (Wildman–Crippen MR) is 63.3 cm³/mol. The lowest BCUT2D eigenvalue weighted by molar-refractivity contribution is -0.137. The summed E-state index contributed by atoms with van der Waals surface area (Å²) < 4.78 is 43.2. The molecule has 1 unspecified atom stereocenters. The van der Waals surface area contributed by atoms with E-state index in [9.17, 15) is 13.2 Å². The standard InChI is InChI=1S/C12H15F3N2O/c1-3-7-18-9(2)8-17-11-10(12(13,14)15)5-4-6-16-11/h3-6,9H,1,7-8H2,2H3,(H,16,17). The van der Waals surface area contributed by atoms with Crippen molar-refractivity contribution in [3.8, 4) is 0 Å². The van der Waals surface area contributed by atoms with Gasteiger partial charge in [-0.25, -0.2) is 4.98 Å². The Labute approximate surface area is 104 Å². The summed E-state index contributed by atoms with van der Waals surface area (Å²) in [5.74, 6) is -0.181. The van der Waals surface area contributed by atoms with Crippen molar-refractivity contribution >= 4 is 5.82 Å². The lowest BCUT2D eigenvalue weighted by Crippen LogP contribution is -2.22. The zero-order valence-electron chi connectivity index (χ0n) is 10.00. The molecule has 0 saturated carbocycles. The molecule has 0 aliphatic carbocycles. The molecule has 18 heavy (non-hydrogen) atoms. The molecule has 100 valence electrons. The Balaban J connectivity index is 2.65. The molecule has 0 spiro atoms. The number of nitrogens with zero attached hydrogens (tertiary/aromatic N) is 1. The van der Waals surface area contributed by atoms with E-state index in [2.05, 4.69) is 16.9 Å². The minimum Gasteiger partial charge on any atom is -0.373 e. The Morgan fingerprint density at radius 2 is 2.28 bits per heavy atom. The zero-order valence-corrected chi connectivity index (χ0v) is 10.00. The second-order valence-corrected chi connectivity index (χ2v) is 3.71. The number of aromatic nitrogens is 1. The van der Waals surface area contributed by atoms with Gasteiger partial charge in [-0.05, 0) is 19.1 Å². The largest absolute Gasteiger partial charge is 0.419 e. The Morgan fingerprint density at radius 1 is 1.56 bits per heavy atom. The van der Waals surface area contributed by atoms with Crippen molar-refractivity contribution in [2.24, 2.45) is 0 Å². The average molecular weight is 260 g/mol. The van der Waals surface area contributed by atoms with E-state index < -0.39 is 11.7 Å². The number of nitrogens with one attached hydrogen (secondary N) is 1. The number of hydrogen-bond acceptors (Lipinski definition) is 3. The number of ether oxygens (including phenoxy) is 1. The molecule has 1 heterocycles. The summed E-state index contributed by atoms with van der Waals surface area (Å²) >= 11 is 0. The highest BCUT2D eigenvalue weighted by molar-refractivity contribution is 5.45. The van der Waals surface area contributed by atoms with Crippen molar-refractivity contribution in [2.45, 2.75) is 19.2 Å². The molecule has 0 radical (unpaired) electrons. The molecule has 1 rings (SSSR count). The Bertz CT molecular complexity index is 393. The van der Waals surface area contributed by atoms with Crippen LogP contribution in [0.4, 0.5) is 19.0 Å². The highest BCUT2D eigenvalue weighted by Gasteiger charge is 2.34. The van der Waals surface area contributed by atoms with E-state index in [-0.39, 0.29) is 18.5 Å². The first kappa shape index (κ1) is 14.5. The maximum atomic E-state index is 12.7. The van der Waals surface area contributed by atoms with Crippen LogP contribution in [-0.4, -0.2) is 24.2 Å². The van der Waals surface area contributed by atoms with Crippen molar-refractivity contribution in [3.05, 3.63) is 36.5 Å². The first-order valence-electron chi connectivity index (χ1n) is 5.43. The molecule has 3 nitrogen and oxygen atoms in total. The quantitative estimate of drug-likeness (QED) is 0.798. The van der Waals surface area contributed by atoms with Crippen molar-refractivity contribution in [1.82, 2.24) is 4.98 Å². The van der Waals surface area contributed by atoms with Gasteiger partial charge in [0.15, 0.2) is 0 Å². The van der Waals surface area contributed by atoms with E-state index in [1.54, 1.807) is 13.0 Å². The van der Waals surface area contributed by atoms with Gasteiger partial charge in [-0.3, -0.25) is 0 Å². The van der Waals surface area contributed by atoms with Crippen molar-refractivity contribution < 1.29 is 17.9 Å². The molecular formula is C12H15F3N2O. The van der Waals surface area contributed by atoms with Crippen LogP contribution in [0.25, 0.3) is 0 Å². The van der Waals surface area contributed by atoms with Crippen molar-refractivity contribution in [1.29, 1.82) is 0 Å². The summed E-state index contributed by atoms with van der Waals surface area (Å²) in [6, 6.07) is 2.25. The fourth-order valence-electron chi connectivity index (χ4n) is 1.31. The summed E-state index contributed by atoms with van der Waals surface area (Å²) in [6.07, 6.45) is -1.75. The fraction of sp³-hybridized carbons (Fsp3) is 0.417. The van der Waals surface area contributed by atoms with E-state index >= 15 is 0 Å². The van der Waals surface area contributed by atoms with Gasteiger partial charge in [-0.2, -0.15) is 13.2 Å². The average Bonchev–Trinajstić information content (AvgIpc) is 2.33. The molecule has 0 aliphatic heterocycles. The summed E-state index contributed by atoms with van der Waals surface area (Å²) in [7, 11) is 0. The van der Waals surface area contributed by atoms with E-state index in [1.165, 1.54) is 12.3 Å². The van der Waals surface area contributed by atoms with Crippen LogP contribution in [0.2, 0.25) is 0 Å². The minimum absolute atomic E-state index is 0.181. The molecule has 1 aromatic heterocycles. The van der Waals surface area contributed by atoms with Crippen LogP contribution in [0.15, 0.2) is 31.0 Å². The van der Waals surface area contributed by atoms with E-state index in [0.717, 1.165) is 6.07 Å². The van der Waals surface area contributed by atoms with Gasteiger partial charge in [0.1, 0.15) is 5.82 Å². The zero-order chi connectivity index (χ0) is 13.6. The number of anilines is 1. The van der Waals surface area contributed by atoms with Crippen molar-refractivity contribution in [3.63, 3.8) is 0 Å². The van der Waals surface area contributed by atoms with Gasteiger partial charge in [-0.15, -0.1) is 6.58 Å². The molecule has 0 aromatic carbocycles. The Kier molecular flexibility index (Phi) is 5.15. The lowest BCUT2D eigenvalue weighted by atomic mass is 10.2. The van der Waals surface area contributed by atoms with Gasteiger partial charge >= 0.3 is 6.18 Å². The number of halogens is 3. The topological polar surface area (TPSA) is 34.1 Å². The molecule has 0 fully saturated rings. The lowest BCUT2D eigenvalue weighted by Gasteiger charge is -2.16. The third-order valence-corrected chi connectivity index (χ3v) is 2.17. The highest BCUT2D eigenvalue weighted by Crippen LogP contribution is 2.33. The first-order valence-corrected chi connectivity index (χ1v) is 5.43. The van der Waals surface area contributed by atoms with Gasteiger partial charge in [0.25, 0.3) is 0 Å². The van der Waals surface area contributed by atoms with E-state index in [4.69, 9.17) is 4.74 Å². The second-order valence-electron chi connectivity index (χ2n) is 3.71. The van der Waals surface area contributed by atoms with E-state index in [0.29, 0.717) is 6.61 Å². The molecule has 0 saturated heterocycles. The fourth-order valence-corrected chi connectivity index (χ4v) is 1.31. The molecular weight excluding hydrogens is 245 g/mol. The normalized spacial score (nSPS) is 13.1. The number of alkyl halides is 3. The third-order valence-electron chi connectivity index (χ3n) is 2.17. The van der Waals surface area contributed by atoms with Gasteiger partial charge in [0, 0.05) is 12.7 Å². The van der Waals surface area contributed by atoms with Crippen LogP contribution >= 0.6 is 0 Å². The van der Waals surface area contributed by atoms with Gasteiger partial charge in [0.05, 0.1) is 18.3 Å². The Morgan fingerprint density at radius 3 is 2.89 bits per heavy atom. The minimum atomic E-state index is -4.41. The molecule has 0 amide bonds. The molecule has 1 aromatic rings. The van der Waals surface area contributed by atoms with Crippen LogP contribution in [0.5, 0.6) is 0 Å². The molecule has 1 N–H and O–H groups in total. The molecule has 0 bridgehead atoms. The van der Waals surface area contributed by atoms with Crippen LogP contribution in [0, 0.1) is 0 Å². The Hall–Kier alpha value is -1.56. The second kappa shape index (κ2) is 6.39. The molecule has 6 heteroatoms. The monoisotopic (exact) mass is 260 g/mol. The van der Waals surface area contributed by atoms with Crippen molar-refractivity contribution in [2.75, 3.05) is 18.5 Å². The maximum Gasteiger partial charge on any atom is 0.419 e. The maximum absolute atomic E-state index is 12.7. The van der Waals surface area contributed by atoms with Crippen LogP contribution in [0.1, 0.15) is 12.5 Å². The molecule has 0 aliphatic rings. The summed E-state index contributed by atoms with van der Waals surface area (Å²) in [5.41, 5.74) is -0.777. The van der Waals surface area contributed by atoms with E-state index in [1.807, 2.05) is 0 Å². The third kappa shape index (κ3) is 4.37. The summed E-state index contributed by atoms with van der Waals surface area (Å²) in [4.78, 5) is 3.69. The first-order chi connectivity index (χ1) is 8.45. The predicted octanol–water partition coefficient (Wildman–Crippen LogP) is 3.10.